The molecule has 0 N–H and O–H groups in total. The average molecular weight is 475 g/mol. The number of nitrogens with zero attached hydrogens (tertiary/aromatic N) is 4. The molecule has 32 heavy (non-hydrogen) atoms. The van der Waals surface area contributed by atoms with Gasteiger partial charge in [0.2, 0.25) is 10.0 Å². The number of benzene rings is 1. The lowest BCUT2D eigenvalue weighted by molar-refractivity contribution is -0.151. The van der Waals surface area contributed by atoms with Gasteiger partial charge < -0.3 is 4.74 Å². The van der Waals surface area contributed by atoms with Crippen molar-refractivity contribution in [3.63, 3.8) is 0 Å². The normalized spacial score (nSPS) is 15.6. The van der Waals surface area contributed by atoms with E-state index < -0.39 is 10.0 Å². The van der Waals surface area contributed by atoms with Gasteiger partial charge in [-0.2, -0.15) is 9.40 Å². The molecular weight excluding hydrogens is 452 g/mol. The topological polar surface area (TPSA) is 94.4 Å². The van der Waals surface area contributed by atoms with Gasteiger partial charge in [0, 0.05) is 31.0 Å². The van der Waals surface area contributed by atoms with E-state index in [4.69, 9.17) is 16.3 Å². The van der Waals surface area contributed by atoms with E-state index >= 15 is 0 Å². The Morgan fingerprint density at radius 3 is 2.53 bits per heavy atom. The molecule has 1 aromatic carbocycles. The largest absolute Gasteiger partial charge is 0.460 e. The van der Waals surface area contributed by atoms with E-state index in [0.717, 1.165) is 5.69 Å². The molecule has 8 nitrogen and oxygen atoms in total. The van der Waals surface area contributed by atoms with Gasteiger partial charge in [-0.25, -0.2) is 13.1 Å². The SMILES string of the molecule is Cc1nn(-c2ccccc2)c(Cl)c1COC(=O)C1CCN(S(=O)(=O)c2cccnc2)CC1. The van der Waals surface area contributed by atoms with Crippen LogP contribution in [0.25, 0.3) is 5.69 Å². The number of rotatable bonds is 6. The van der Waals surface area contributed by atoms with Crippen molar-refractivity contribution in [3.05, 3.63) is 71.3 Å². The number of pyridine rings is 1. The summed E-state index contributed by atoms with van der Waals surface area (Å²) in [5.74, 6) is -0.718. The molecule has 1 saturated heterocycles. The zero-order valence-corrected chi connectivity index (χ0v) is 19.1. The number of aryl methyl sites for hydroxylation is 1. The first kappa shape index (κ1) is 22.4. The average Bonchev–Trinajstić information content (AvgIpc) is 3.12. The minimum Gasteiger partial charge on any atom is -0.460 e. The minimum atomic E-state index is -3.61. The summed E-state index contributed by atoms with van der Waals surface area (Å²) in [5, 5.41) is 4.85. The standard InChI is InChI=1S/C22H23ClN4O4S/c1-16-20(21(23)27(25-16)18-6-3-2-4-7-18)15-31-22(28)17-9-12-26(13-10-17)32(29,30)19-8-5-11-24-14-19/h2-8,11,14,17H,9-10,12-13,15H2,1H3. The number of halogens is 1. The quantitative estimate of drug-likeness (QED) is 0.508. The number of piperidine rings is 1. The smallest absolute Gasteiger partial charge is 0.309 e. The van der Waals surface area contributed by atoms with E-state index in [1.54, 1.807) is 10.7 Å². The summed E-state index contributed by atoms with van der Waals surface area (Å²) in [6, 6.07) is 12.6. The number of sulfonamides is 1. The molecule has 1 aliphatic rings. The number of carbonyl (C=O) groups excluding carboxylic acids is 1. The van der Waals surface area contributed by atoms with Crippen LogP contribution in [0.4, 0.5) is 0 Å². The highest BCUT2D eigenvalue weighted by molar-refractivity contribution is 7.89. The van der Waals surface area contributed by atoms with Gasteiger partial charge in [0.05, 0.1) is 17.3 Å². The first-order valence-electron chi connectivity index (χ1n) is 10.2. The predicted octanol–water partition coefficient (Wildman–Crippen LogP) is 3.37. The number of carbonyl (C=O) groups is 1. The zero-order chi connectivity index (χ0) is 22.7. The first-order valence-corrected chi connectivity index (χ1v) is 12.1. The van der Waals surface area contributed by atoms with E-state index in [2.05, 4.69) is 10.1 Å². The number of hydrogen-bond acceptors (Lipinski definition) is 6. The van der Waals surface area contributed by atoms with Crippen LogP contribution in [-0.2, 0) is 26.2 Å². The Morgan fingerprint density at radius 2 is 1.88 bits per heavy atom. The highest BCUT2D eigenvalue weighted by Crippen LogP contribution is 2.27. The van der Waals surface area contributed by atoms with Gasteiger partial charge in [-0.3, -0.25) is 9.78 Å². The maximum absolute atomic E-state index is 12.7. The van der Waals surface area contributed by atoms with E-state index in [0.29, 0.717) is 29.3 Å². The van der Waals surface area contributed by atoms with Crippen molar-refractivity contribution in [2.75, 3.05) is 13.1 Å². The third-order valence-electron chi connectivity index (χ3n) is 5.54. The van der Waals surface area contributed by atoms with Gasteiger partial charge in [0.15, 0.2) is 0 Å². The van der Waals surface area contributed by atoms with Crippen LogP contribution >= 0.6 is 11.6 Å². The zero-order valence-electron chi connectivity index (χ0n) is 17.5. The van der Waals surface area contributed by atoms with E-state index in [1.807, 2.05) is 37.3 Å². The summed E-state index contributed by atoms with van der Waals surface area (Å²) in [6.07, 6.45) is 3.65. The lowest BCUT2D eigenvalue weighted by Crippen LogP contribution is -2.40. The third-order valence-corrected chi connectivity index (χ3v) is 7.81. The first-order chi connectivity index (χ1) is 15.4. The van der Waals surface area contributed by atoms with Crippen LogP contribution in [0.15, 0.2) is 59.8 Å². The van der Waals surface area contributed by atoms with Crippen molar-refractivity contribution in [1.82, 2.24) is 19.1 Å². The van der Waals surface area contributed by atoms with Crippen LogP contribution in [0.3, 0.4) is 0 Å². The Hall–Kier alpha value is -2.75. The van der Waals surface area contributed by atoms with Crippen LogP contribution in [0.2, 0.25) is 5.15 Å². The van der Waals surface area contributed by atoms with Gasteiger partial charge >= 0.3 is 5.97 Å². The lowest BCUT2D eigenvalue weighted by Gasteiger charge is -2.30. The molecule has 168 valence electrons. The van der Waals surface area contributed by atoms with E-state index in [-0.39, 0.29) is 36.5 Å². The predicted molar refractivity (Wildman–Crippen MR) is 119 cm³/mol. The molecule has 0 atom stereocenters. The Kier molecular flexibility index (Phi) is 6.59. The summed E-state index contributed by atoms with van der Waals surface area (Å²) in [5.41, 5.74) is 2.16. The molecule has 1 fully saturated rings. The molecule has 0 unspecified atom stereocenters. The second kappa shape index (κ2) is 9.40. The van der Waals surface area contributed by atoms with Gasteiger partial charge in [0.1, 0.15) is 16.7 Å². The van der Waals surface area contributed by atoms with E-state index in [1.165, 1.54) is 22.8 Å². The molecule has 4 rings (SSSR count). The second-order valence-electron chi connectivity index (χ2n) is 7.58. The molecule has 3 aromatic rings. The highest BCUT2D eigenvalue weighted by atomic mass is 35.5. The van der Waals surface area contributed by atoms with Gasteiger partial charge in [-0.1, -0.05) is 29.8 Å². The maximum Gasteiger partial charge on any atom is 0.309 e. The minimum absolute atomic E-state index is 0.0184. The molecule has 0 saturated carbocycles. The number of hydrogen-bond donors (Lipinski definition) is 0. The summed E-state index contributed by atoms with van der Waals surface area (Å²) in [4.78, 5) is 16.7. The fourth-order valence-corrected chi connectivity index (χ4v) is 5.44. The number of aromatic nitrogens is 3. The van der Waals surface area contributed by atoms with Crippen molar-refractivity contribution < 1.29 is 17.9 Å². The number of esters is 1. The van der Waals surface area contributed by atoms with Gasteiger partial charge in [-0.15, -0.1) is 0 Å². The summed E-state index contributed by atoms with van der Waals surface area (Å²) >= 11 is 6.49. The molecule has 0 spiro atoms. The molecule has 0 amide bonds. The number of para-hydroxylation sites is 1. The molecular formula is C22H23ClN4O4S. The Morgan fingerprint density at radius 1 is 1.16 bits per heavy atom. The van der Waals surface area contributed by atoms with Crippen LogP contribution < -0.4 is 0 Å². The van der Waals surface area contributed by atoms with Crippen molar-refractivity contribution in [2.45, 2.75) is 31.3 Å². The Balaban J connectivity index is 1.36. The third kappa shape index (κ3) is 4.55. The molecule has 10 heteroatoms. The second-order valence-corrected chi connectivity index (χ2v) is 9.87. The molecule has 1 aliphatic heterocycles. The molecule has 2 aromatic heterocycles. The van der Waals surface area contributed by atoms with Crippen LogP contribution in [0.5, 0.6) is 0 Å². The van der Waals surface area contributed by atoms with Crippen molar-refractivity contribution in [3.8, 4) is 5.69 Å². The van der Waals surface area contributed by atoms with E-state index in [9.17, 15) is 13.2 Å². The molecule has 0 aliphatic carbocycles. The van der Waals surface area contributed by atoms with Crippen molar-refractivity contribution >= 4 is 27.6 Å². The van der Waals surface area contributed by atoms with Crippen LogP contribution in [0.1, 0.15) is 24.1 Å². The van der Waals surface area contributed by atoms with Gasteiger partial charge in [0.25, 0.3) is 0 Å². The molecule has 0 radical (unpaired) electrons. The van der Waals surface area contributed by atoms with Crippen molar-refractivity contribution in [1.29, 1.82) is 0 Å². The summed E-state index contributed by atoms with van der Waals surface area (Å²) in [6.45, 7) is 2.34. The van der Waals surface area contributed by atoms with Crippen LogP contribution in [-0.4, -0.2) is 46.5 Å². The Bertz CT molecular complexity index is 1190. The summed E-state index contributed by atoms with van der Waals surface area (Å²) < 4.78 is 34.0. The number of ether oxygens (including phenoxy) is 1. The monoisotopic (exact) mass is 474 g/mol. The van der Waals surface area contributed by atoms with Crippen molar-refractivity contribution in [2.24, 2.45) is 5.92 Å². The Labute approximate surface area is 191 Å². The van der Waals surface area contributed by atoms with Crippen LogP contribution in [0, 0.1) is 12.8 Å². The fraction of sp³-hybridized carbons (Fsp3) is 0.318. The maximum atomic E-state index is 12.7. The summed E-state index contributed by atoms with van der Waals surface area (Å²) in [7, 11) is -3.61. The molecule has 0 bridgehead atoms. The fourth-order valence-electron chi connectivity index (χ4n) is 3.68. The lowest BCUT2D eigenvalue weighted by atomic mass is 9.98. The van der Waals surface area contributed by atoms with Gasteiger partial charge in [-0.05, 0) is 44.0 Å². The molecule has 3 heterocycles. The highest BCUT2D eigenvalue weighted by Gasteiger charge is 2.33.